The van der Waals surface area contributed by atoms with E-state index in [2.05, 4.69) is 5.32 Å². The molecule has 1 fully saturated rings. The number of methoxy groups -OCH3 is 1. The average molecular weight is 294 g/mol. The fourth-order valence-corrected chi connectivity index (χ4v) is 2.70. The number of benzene rings is 1. The van der Waals surface area contributed by atoms with Crippen molar-refractivity contribution in [3.05, 3.63) is 34.4 Å². The summed E-state index contributed by atoms with van der Waals surface area (Å²) < 4.78 is 10.6. The predicted octanol–water partition coefficient (Wildman–Crippen LogP) is 1.66. The zero-order valence-corrected chi connectivity index (χ0v) is 12.0. The van der Waals surface area contributed by atoms with Crippen LogP contribution in [0.5, 0.6) is 5.75 Å². The summed E-state index contributed by atoms with van der Waals surface area (Å²) in [6.45, 7) is 0. The zero-order valence-electron chi connectivity index (χ0n) is 12.0. The first kappa shape index (κ1) is 15.2. The van der Waals surface area contributed by atoms with Gasteiger partial charge in [-0.05, 0) is 26.0 Å². The van der Waals surface area contributed by atoms with Crippen LogP contribution in [0.15, 0.2) is 24.3 Å². The molecule has 2 atom stereocenters. The van der Waals surface area contributed by atoms with Gasteiger partial charge in [0.2, 0.25) is 0 Å². The zero-order chi connectivity index (χ0) is 15.5. The number of nitrogens with one attached hydrogen (secondary N) is 1. The van der Waals surface area contributed by atoms with E-state index in [9.17, 15) is 14.9 Å². The number of nitro groups is 1. The number of nitro benzene ring substituents is 1. The molecule has 2 unspecified atom stereocenters. The Hall–Kier alpha value is -2.15. The summed E-state index contributed by atoms with van der Waals surface area (Å²) in [7, 11) is 3.04. The smallest absolute Gasteiger partial charge is 0.326 e. The van der Waals surface area contributed by atoms with Crippen LogP contribution in [0.1, 0.15) is 19.3 Å². The number of ether oxygens (including phenoxy) is 2. The van der Waals surface area contributed by atoms with E-state index in [4.69, 9.17) is 9.47 Å². The molecule has 1 aliphatic carbocycles. The molecular formula is C14H18N2O5. The summed E-state index contributed by atoms with van der Waals surface area (Å²) in [5.74, 6) is -0.108. The van der Waals surface area contributed by atoms with Crippen molar-refractivity contribution in [2.75, 3.05) is 14.2 Å². The Morgan fingerprint density at radius 3 is 2.81 bits per heavy atom. The van der Waals surface area contributed by atoms with Gasteiger partial charge in [0, 0.05) is 12.5 Å². The number of hydrogen-bond donors (Lipinski definition) is 1. The van der Waals surface area contributed by atoms with Crippen molar-refractivity contribution in [1.29, 1.82) is 0 Å². The number of carbonyl (C=O) groups is 1. The standard InChI is InChI=1S/C14H18N2O5/c1-15-14(13(17)20-2)8-7-10(9-14)21-12-6-4-3-5-11(12)16(18)19/h3-6,10,15H,7-9H2,1-2H3. The number of carbonyl (C=O) groups excluding carboxylic acids is 1. The second-order valence-corrected chi connectivity index (χ2v) is 5.03. The highest BCUT2D eigenvalue weighted by Crippen LogP contribution is 2.36. The highest BCUT2D eigenvalue weighted by molar-refractivity contribution is 5.81. The molecule has 7 nitrogen and oxygen atoms in total. The Morgan fingerprint density at radius 1 is 1.48 bits per heavy atom. The van der Waals surface area contributed by atoms with Gasteiger partial charge in [-0.25, -0.2) is 0 Å². The van der Waals surface area contributed by atoms with Gasteiger partial charge in [-0.1, -0.05) is 12.1 Å². The molecule has 1 aromatic rings. The van der Waals surface area contributed by atoms with E-state index in [-0.39, 0.29) is 23.5 Å². The molecule has 1 aromatic carbocycles. The normalized spacial score (nSPS) is 24.6. The van der Waals surface area contributed by atoms with Crippen LogP contribution in [-0.4, -0.2) is 36.7 Å². The topological polar surface area (TPSA) is 90.7 Å². The van der Waals surface area contributed by atoms with E-state index in [1.54, 1.807) is 25.2 Å². The second kappa shape index (κ2) is 6.09. The third-order valence-corrected chi connectivity index (χ3v) is 3.88. The van der Waals surface area contributed by atoms with E-state index in [0.717, 1.165) is 0 Å². The molecular weight excluding hydrogens is 276 g/mol. The minimum Gasteiger partial charge on any atom is -0.483 e. The van der Waals surface area contributed by atoms with Gasteiger partial charge in [-0.2, -0.15) is 0 Å². The third-order valence-electron chi connectivity index (χ3n) is 3.88. The van der Waals surface area contributed by atoms with Crippen molar-refractivity contribution in [2.24, 2.45) is 0 Å². The molecule has 0 amide bonds. The minimum absolute atomic E-state index is 0.0717. The van der Waals surface area contributed by atoms with Crippen LogP contribution in [0.4, 0.5) is 5.69 Å². The predicted molar refractivity (Wildman–Crippen MR) is 75.2 cm³/mol. The lowest BCUT2D eigenvalue weighted by Gasteiger charge is -2.25. The highest BCUT2D eigenvalue weighted by Gasteiger charge is 2.46. The average Bonchev–Trinajstić information content (AvgIpc) is 2.91. The lowest BCUT2D eigenvalue weighted by molar-refractivity contribution is -0.386. The van der Waals surface area contributed by atoms with Crippen LogP contribution < -0.4 is 10.1 Å². The van der Waals surface area contributed by atoms with Crippen molar-refractivity contribution in [1.82, 2.24) is 5.32 Å². The van der Waals surface area contributed by atoms with Gasteiger partial charge in [0.05, 0.1) is 12.0 Å². The van der Waals surface area contributed by atoms with Gasteiger partial charge in [0.15, 0.2) is 5.75 Å². The number of rotatable bonds is 5. The largest absolute Gasteiger partial charge is 0.483 e. The molecule has 2 rings (SSSR count). The Kier molecular flexibility index (Phi) is 4.42. The molecule has 114 valence electrons. The van der Waals surface area contributed by atoms with Gasteiger partial charge in [0.1, 0.15) is 11.6 Å². The molecule has 0 spiro atoms. The number of hydrogen-bond acceptors (Lipinski definition) is 6. The van der Waals surface area contributed by atoms with Crippen molar-refractivity contribution >= 4 is 11.7 Å². The molecule has 1 aliphatic rings. The molecule has 7 heteroatoms. The first-order valence-electron chi connectivity index (χ1n) is 6.70. The van der Waals surface area contributed by atoms with E-state index in [0.29, 0.717) is 19.3 Å². The fraction of sp³-hybridized carbons (Fsp3) is 0.500. The van der Waals surface area contributed by atoms with Gasteiger partial charge < -0.3 is 14.8 Å². The minimum atomic E-state index is -0.775. The number of esters is 1. The summed E-state index contributed by atoms with van der Waals surface area (Å²) in [5, 5.41) is 14.0. The summed E-state index contributed by atoms with van der Waals surface area (Å²) in [6.07, 6.45) is 1.35. The monoisotopic (exact) mass is 294 g/mol. The molecule has 21 heavy (non-hydrogen) atoms. The quantitative estimate of drug-likeness (QED) is 0.504. The van der Waals surface area contributed by atoms with Crippen LogP contribution in [0, 0.1) is 10.1 Å². The SMILES string of the molecule is CNC1(C(=O)OC)CCC(Oc2ccccc2[N+](=O)[O-])C1. The molecule has 1 saturated carbocycles. The van der Waals surface area contributed by atoms with Gasteiger partial charge in [-0.3, -0.25) is 14.9 Å². The molecule has 0 radical (unpaired) electrons. The van der Waals surface area contributed by atoms with Gasteiger partial charge >= 0.3 is 11.7 Å². The third kappa shape index (κ3) is 2.97. The molecule has 0 heterocycles. The van der Waals surface area contributed by atoms with E-state index in [1.165, 1.54) is 13.2 Å². The number of para-hydroxylation sites is 2. The van der Waals surface area contributed by atoms with Crippen molar-refractivity contribution in [3.63, 3.8) is 0 Å². The molecule has 0 saturated heterocycles. The molecule has 1 N–H and O–H groups in total. The van der Waals surface area contributed by atoms with Crippen molar-refractivity contribution in [3.8, 4) is 5.75 Å². The lowest BCUT2D eigenvalue weighted by Crippen LogP contribution is -2.49. The maximum absolute atomic E-state index is 11.9. The van der Waals surface area contributed by atoms with Gasteiger partial charge in [0.25, 0.3) is 0 Å². The van der Waals surface area contributed by atoms with Crippen molar-refractivity contribution in [2.45, 2.75) is 30.9 Å². The number of nitrogens with zero attached hydrogens (tertiary/aromatic N) is 1. The van der Waals surface area contributed by atoms with Gasteiger partial charge in [-0.15, -0.1) is 0 Å². The summed E-state index contributed by atoms with van der Waals surface area (Å²) in [6, 6.07) is 6.24. The highest BCUT2D eigenvalue weighted by atomic mass is 16.6. The molecule has 0 aliphatic heterocycles. The second-order valence-electron chi connectivity index (χ2n) is 5.03. The van der Waals surface area contributed by atoms with E-state index < -0.39 is 10.5 Å². The van der Waals surface area contributed by atoms with Crippen molar-refractivity contribution < 1.29 is 19.2 Å². The summed E-state index contributed by atoms with van der Waals surface area (Å²) in [4.78, 5) is 22.4. The van der Waals surface area contributed by atoms with Crippen LogP contribution in [0.25, 0.3) is 0 Å². The van der Waals surface area contributed by atoms with Crippen LogP contribution in [-0.2, 0) is 9.53 Å². The summed E-state index contributed by atoms with van der Waals surface area (Å²) >= 11 is 0. The van der Waals surface area contributed by atoms with Crippen LogP contribution in [0.2, 0.25) is 0 Å². The maximum Gasteiger partial charge on any atom is 0.326 e. The lowest BCUT2D eigenvalue weighted by atomic mass is 9.98. The Balaban J connectivity index is 2.13. The number of likely N-dealkylation sites (N-methyl/N-ethyl adjacent to an activating group) is 1. The van der Waals surface area contributed by atoms with E-state index in [1.807, 2.05) is 0 Å². The Morgan fingerprint density at radius 2 is 2.19 bits per heavy atom. The molecule has 0 bridgehead atoms. The first-order valence-corrected chi connectivity index (χ1v) is 6.70. The van der Waals surface area contributed by atoms with E-state index >= 15 is 0 Å². The summed E-state index contributed by atoms with van der Waals surface area (Å²) in [5.41, 5.74) is -0.847. The fourth-order valence-electron chi connectivity index (χ4n) is 2.70. The van der Waals surface area contributed by atoms with Crippen LogP contribution >= 0.6 is 0 Å². The molecule has 0 aromatic heterocycles. The maximum atomic E-state index is 11.9. The Labute approximate surface area is 122 Å². The Bertz CT molecular complexity index is 548. The first-order chi connectivity index (χ1) is 10.0. The van der Waals surface area contributed by atoms with Crippen LogP contribution in [0.3, 0.4) is 0 Å².